The van der Waals surface area contributed by atoms with Gasteiger partial charge in [0, 0.05) is 25.2 Å². The highest BCUT2D eigenvalue weighted by Gasteiger charge is 2.31. The Hall–Kier alpha value is -1.70. The Bertz CT molecular complexity index is 474. The SMILES string of the molecule is CC#CC1CCN(c2ccc(C(F)(F)F)cn2)CC1. The van der Waals surface area contributed by atoms with Gasteiger partial charge in [-0.1, -0.05) is 0 Å². The summed E-state index contributed by atoms with van der Waals surface area (Å²) in [5.41, 5.74) is -0.706. The van der Waals surface area contributed by atoms with Gasteiger partial charge in [-0.2, -0.15) is 13.2 Å². The third kappa shape index (κ3) is 3.40. The van der Waals surface area contributed by atoms with Crippen molar-refractivity contribution < 1.29 is 13.2 Å². The number of piperidine rings is 1. The van der Waals surface area contributed by atoms with Crippen molar-refractivity contribution in [1.29, 1.82) is 0 Å². The van der Waals surface area contributed by atoms with Gasteiger partial charge in [0.1, 0.15) is 5.82 Å². The standard InChI is InChI=1S/C14H15F3N2/c1-2-3-11-6-8-19(9-7-11)13-5-4-12(10-18-13)14(15,16)17/h4-5,10-11H,6-9H2,1H3. The Morgan fingerprint density at radius 2 is 1.95 bits per heavy atom. The Kier molecular flexibility index (Phi) is 3.98. The molecule has 1 saturated heterocycles. The summed E-state index contributed by atoms with van der Waals surface area (Å²) in [7, 11) is 0. The summed E-state index contributed by atoms with van der Waals surface area (Å²) in [4.78, 5) is 5.92. The van der Waals surface area contributed by atoms with Gasteiger partial charge in [-0.05, 0) is 31.9 Å². The number of hydrogen-bond donors (Lipinski definition) is 0. The van der Waals surface area contributed by atoms with E-state index in [2.05, 4.69) is 16.8 Å². The van der Waals surface area contributed by atoms with E-state index >= 15 is 0 Å². The van der Waals surface area contributed by atoms with E-state index in [1.54, 1.807) is 0 Å². The molecule has 1 aromatic rings. The normalized spacial score (nSPS) is 16.9. The lowest BCUT2D eigenvalue weighted by Crippen LogP contribution is -2.33. The minimum atomic E-state index is -4.32. The van der Waals surface area contributed by atoms with Gasteiger partial charge >= 0.3 is 6.18 Å². The summed E-state index contributed by atoms with van der Waals surface area (Å²) in [6, 6.07) is 2.52. The lowest BCUT2D eigenvalue weighted by Gasteiger charge is -2.30. The van der Waals surface area contributed by atoms with Crippen LogP contribution in [0.15, 0.2) is 18.3 Å². The molecule has 1 aliphatic heterocycles. The summed E-state index contributed by atoms with van der Waals surface area (Å²) in [5.74, 6) is 7.05. The Morgan fingerprint density at radius 3 is 2.42 bits per heavy atom. The highest BCUT2D eigenvalue weighted by atomic mass is 19.4. The number of halogens is 3. The highest BCUT2D eigenvalue weighted by Crippen LogP contribution is 2.30. The number of anilines is 1. The third-order valence-corrected chi connectivity index (χ3v) is 3.24. The van der Waals surface area contributed by atoms with Gasteiger partial charge < -0.3 is 4.90 Å². The largest absolute Gasteiger partial charge is 0.417 e. The number of pyridine rings is 1. The molecule has 19 heavy (non-hydrogen) atoms. The maximum atomic E-state index is 12.4. The fourth-order valence-corrected chi connectivity index (χ4v) is 2.20. The molecule has 2 nitrogen and oxygen atoms in total. The minimum Gasteiger partial charge on any atom is -0.357 e. The summed E-state index contributed by atoms with van der Waals surface area (Å²) in [6.07, 6.45) is -1.56. The summed E-state index contributed by atoms with van der Waals surface area (Å²) < 4.78 is 37.3. The van der Waals surface area contributed by atoms with Crippen LogP contribution in [0.5, 0.6) is 0 Å². The van der Waals surface area contributed by atoms with E-state index in [0.29, 0.717) is 11.7 Å². The number of alkyl halides is 3. The summed E-state index contributed by atoms with van der Waals surface area (Å²) in [6.45, 7) is 3.40. The Morgan fingerprint density at radius 1 is 1.26 bits per heavy atom. The zero-order valence-electron chi connectivity index (χ0n) is 10.7. The molecule has 0 amide bonds. The van der Waals surface area contributed by atoms with Gasteiger partial charge in [0.15, 0.2) is 0 Å². The smallest absolute Gasteiger partial charge is 0.357 e. The molecule has 2 heterocycles. The van der Waals surface area contributed by atoms with Crippen molar-refractivity contribution in [2.24, 2.45) is 5.92 Å². The molecule has 102 valence electrons. The predicted octanol–water partition coefficient (Wildman–Crippen LogP) is 3.34. The van der Waals surface area contributed by atoms with Crippen LogP contribution in [0.2, 0.25) is 0 Å². The zero-order chi connectivity index (χ0) is 13.9. The Balaban J connectivity index is 2.02. The fraction of sp³-hybridized carbons (Fsp3) is 0.500. The molecule has 2 rings (SSSR count). The van der Waals surface area contributed by atoms with Crippen molar-refractivity contribution in [3.63, 3.8) is 0 Å². The molecular weight excluding hydrogens is 253 g/mol. The van der Waals surface area contributed by atoms with Gasteiger partial charge in [-0.3, -0.25) is 0 Å². The van der Waals surface area contributed by atoms with Crippen LogP contribution in [0.4, 0.5) is 19.0 Å². The monoisotopic (exact) mass is 268 g/mol. The molecule has 1 fully saturated rings. The van der Waals surface area contributed by atoms with Crippen molar-refractivity contribution in [1.82, 2.24) is 4.98 Å². The maximum absolute atomic E-state index is 12.4. The van der Waals surface area contributed by atoms with E-state index in [1.807, 2.05) is 11.8 Å². The molecule has 5 heteroatoms. The van der Waals surface area contributed by atoms with E-state index in [0.717, 1.165) is 38.2 Å². The van der Waals surface area contributed by atoms with Gasteiger partial charge in [-0.15, -0.1) is 11.8 Å². The first kappa shape index (κ1) is 13.7. The Labute approximate surface area is 110 Å². The van der Waals surface area contributed by atoms with Crippen molar-refractivity contribution in [3.05, 3.63) is 23.9 Å². The second-order valence-electron chi connectivity index (χ2n) is 4.56. The third-order valence-electron chi connectivity index (χ3n) is 3.24. The van der Waals surface area contributed by atoms with Crippen LogP contribution < -0.4 is 4.90 Å². The topological polar surface area (TPSA) is 16.1 Å². The first-order valence-electron chi connectivity index (χ1n) is 6.21. The lowest BCUT2D eigenvalue weighted by molar-refractivity contribution is -0.137. The van der Waals surface area contributed by atoms with E-state index in [4.69, 9.17) is 0 Å². The van der Waals surface area contributed by atoms with Crippen LogP contribution in [0.3, 0.4) is 0 Å². The van der Waals surface area contributed by atoms with Gasteiger partial charge in [0.2, 0.25) is 0 Å². The molecule has 0 aromatic carbocycles. The van der Waals surface area contributed by atoms with Crippen LogP contribution >= 0.6 is 0 Å². The van der Waals surface area contributed by atoms with E-state index in [1.165, 1.54) is 6.07 Å². The molecule has 0 atom stereocenters. The average Bonchev–Trinajstić information content (AvgIpc) is 2.39. The number of aromatic nitrogens is 1. The molecule has 0 radical (unpaired) electrons. The first-order chi connectivity index (χ1) is 9.00. The molecule has 0 aliphatic carbocycles. The molecule has 0 unspecified atom stereocenters. The predicted molar refractivity (Wildman–Crippen MR) is 67.6 cm³/mol. The molecule has 1 aromatic heterocycles. The van der Waals surface area contributed by atoms with Crippen molar-refractivity contribution >= 4 is 5.82 Å². The van der Waals surface area contributed by atoms with Gasteiger partial charge in [0.05, 0.1) is 5.56 Å². The van der Waals surface area contributed by atoms with Crippen molar-refractivity contribution in [3.8, 4) is 11.8 Å². The van der Waals surface area contributed by atoms with Crippen molar-refractivity contribution in [2.75, 3.05) is 18.0 Å². The quantitative estimate of drug-likeness (QED) is 0.726. The second-order valence-corrected chi connectivity index (χ2v) is 4.56. The second kappa shape index (κ2) is 5.52. The summed E-state index contributed by atoms with van der Waals surface area (Å²) >= 11 is 0. The van der Waals surface area contributed by atoms with E-state index in [9.17, 15) is 13.2 Å². The van der Waals surface area contributed by atoms with Crippen molar-refractivity contribution in [2.45, 2.75) is 25.9 Å². The van der Waals surface area contributed by atoms with Gasteiger partial charge in [0.25, 0.3) is 0 Å². The maximum Gasteiger partial charge on any atom is 0.417 e. The number of nitrogens with zero attached hydrogens (tertiary/aromatic N) is 2. The zero-order valence-corrected chi connectivity index (χ0v) is 10.7. The van der Waals surface area contributed by atoms with Crippen LogP contribution in [0.25, 0.3) is 0 Å². The van der Waals surface area contributed by atoms with Crippen LogP contribution in [-0.4, -0.2) is 18.1 Å². The molecule has 0 N–H and O–H groups in total. The number of hydrogen-bond acceptors (Lipinski definition) is 2. The van der Waals surface area contributed by atoms with Gasteiger partial charge in [-0.25, -0.2) is 4.98 Å². The minimum absolute atomic E-state index is 0.399. The lowest BCUT2D eigenvalue weighted by atomic mass is 9.97. The van der Waals surface area contributed by atoms with Crippen LogP contribution in [0.1, 0.15) is 25.3 Å². The average molecular weight is 268 g/mol. The molecular formula is C14H15F3N2. The van der Waals surface area contributed by atoms with E-state index in [-0.39, 0.29) is 0 Å². The highest BCUT2D eigenvalue weighted by molar-refractivity contribution is 5.40. The van der Waals surface area contributed by atoms with Crippen LogP contribution in [-0.2, 0) is 6.18 Å². The molecule has 0 spiro atoms. The summed E-state index contributed by atoms with van der Waals surface area (Å²) in [5, 5.41) is 0. The molecule has 0 saturated carbocycles. The van der Waals surface area contributed by atoms with Crippen LogP contribution in [0, 0.1) is 17.8 Å². The number of rotatable bonds is 1. The molecule has 0 bridgehead atoms. The fourth-order valence-electron chi connectivity index (χ4n) is 2.20. The first-order valence-corrected chi connectivity index (χ1v) is 6.21. The molecule has 1 aliphatic rings. The van der Waals surface area contributed by atoms with E-state index < -0.39 is 11.7 Å².